The molecule has 5 heteroatoms. The molecule has 2 aromatic rings. The zero-order valence-corrected chi connectivity index (χ0v) is 10.3. The van der Waals surface area contributed by atoms with Crippen molar-refractivity contribution in [2.24, 2.45) is 0 Å². The lowest BCUT2D eigenvalue weighted by Crippen LogP contribution is -2.33. The van der Waals surface area contributed by atoms with Crippen LogP contribution >= 0.6 is 11.3 Å². The molecular formula is C12H14N2O2S. The minimum Gasteiger partial charge on any atom is -0.469 e. The van der Waals surface area contributed by atoms with E-state index < -0.39 is 0 Å². The largest absolute Gasteiger partial charge is 0.469 e. The molecule has 1 atom stereocenters. The van der Waals surface area contributed by atoms with Crippen molar-refractivity contribution in [2.45, 2.75) is 19.4 Å². The first-order valence-electron chi connectivity index (χ1n) is 5.33. The smallest absolute Gasteiger partial charge is 0.263 e. The number of thiophene rings is 1. The maximum absolute atomic E-state index is 11.9. The predicted octanol–water partition coefficient (Wildman–Crippen LogP) is 2.28. The number of hydrogen-bond acceptors (Lipinski definition) is 4. The molecule has 17 heavy (non-hydrogen) atoms. The van der Waals surface area contributed by atoms with Crippen molar-refractivity contribution in [1.82, 2.24) is 5.32 Å². The van der Waals surface area contributed by atoms with Crippen LogP contribution in [0.25, 0.3) is 0 Å². The molecule has 0 aromatic carbocycles. The maximum atomic E-state index is 11.9. The fraction of sp³-hybridized carbons (Fsp3) is 0.250. The highest BCUT2D eigenvalue weighted by atomic mass is 32.1. The van der Waals surface area contributed by atoms with Gasteiger partial charge in [-0.15, -0.1) is 11.3 Å². The fourth-order valence-electron chi connectivity index (χ4n) is 1.57. The number of carbonyl (C=O) groups excluding carboxylic acids is 1. The molecule has 4 nitrogen and oxygen atoms in total. The Labute approximate surface area is 103 Å². The SMILES string of the molecule is CC(Cc1ccco1)NC(=O)c1sccc1N. The van der Waals surface area contributed by atoms with Crippen LogP contribution in [0.4, 0.5) is 5.69 Å². The Morgan fingerprint density at radius 3 is 3.00 bits per heavy atom. The van der Waals surface area contributed by atoms with E-state index in [0.717, 1.165) is 5.76 Å². The quantitative estimate of drug-likeness (QED) is 0.874. The Morgan fingerprint density at radius 1 is 1.59 bits per heavy atom. The first-order chi connectivity index (χ1) is 8.16. The van der Waals surface area contributed by atoms with Crippen molar-refractivity contribution < 1.29 is 9.21 Å². The molecule has 0 spiro atoms. The fourth-order valence-corrected chi connectivity index (χ4v) is 2.30. The molecule has 3 N–H and O–H groups in total. The van der Waals surface area contributed by atoms with Gasteiger partial charge in [0.05, 0.1) is 12.0 Å². The summed E-state index contributed by atoms with van der Waals surface area (Å²) in [7, 11) is 0. The topological polar surface area (TPSA) is 68.3 Å². The van der Waals surface area contributed by atoms with Gasteiger partial charge in [-0.2, -0.15) is 0 Å². The van der Waals surface area contributed by atoms with Crippen LogP contribution in [0.5, 0.6) is 0 Å². The molecule has 0 aliphatic rings. The molecule has 0 fully saturated rings. The molecule has 90 valence electrons. The first-order valence-corrected chi connectivity index (χ1v) is 6.21. The molecule has 2 rings (SSSR count). The second-order valence-electron chi connectivity index (χ2n) is 3.86. The molecule has 0 aliphatic heterocycles. The standard InChI is InChI=1S/C12H14N2O2S/c1-8(7-9-3-2-5-16-9)14-12(15)11-10(13)4-6-17-11/h2-6,8H,7,13H2,1H3,(H,14,15). The van der Waals surface area contributed by atoms with Crippen molar-refractivity contribution in [1.29, 1.82) is 0 Å². The van der Waals surface area contributed by atoms with E-state index in [1.807, 2.05) is 19.1 Å². The third-order valence-corrected chi connectivity index (χ3v) is 3.30. The van der Waals surface area contributed by atoms with Crippen LogP contribution in [0.3, 0.4) is 0 Å². The van der Waals surface area contributed by atoms with E-state index in [-0.39, 0.29) is 11.9 Å². The van der Waals surface area contributed by atoms with Crippen LogP contribution in [0.15, 0.2) is 34.3 Å². The second-order valence-corrected chi connectivity index (χ2v) is 4.78. The van der Waals surface area contributed by atoms with Crippen LogP contribution < -0.4 is 11.1 Å². The molecule has 0 saturated heterocycles. The Bertz CT molecular complexity index is 490. The van der Waals surface area contributed by atoms with Gasteiger partial charge in [-0.3, -0.25) is 4.79 Å². The van der Waals surface area contributed by atoms with E-state index in [0.29, 0.717) is 17.0 Å². The molecular weight excluding hydrogens is 236 g/mol. The van der Waals surface area contributed by atoms with Crippen LogP contribution in [0.1, 0.15) is 22.4 Å². The van der Waals surface area contributed by atoms with Crippen LogP contribution in [0.2, 0.25) is 0 Å². The zero-order chi connectivity index (χ0) is 12.3. The lowest BCUT2D eigenvalue weighted by atomic mass is 10.2. The maximum Gasteiger partial charge on any atom is 0.263 e. The Balaban J connectivity index is 1.93. The minimum atomic E-state index is -0.128. The van der Waals surface area contributed by atoms with E-state index in [1.54, 1.807) is 17.7 Å². The lowest BCUT2D eigenvalue weighted by molar-refractivity contribution is 0.0944. The van der Waals surface area contributed by atoms with E-state index in [9.17, 15) is 4.79 Å². The third kappa shape index (κ3) is 2.88. The number of anilines is 1. The van der Waals surface area contributed by atoms with E-state index in [4.69, 9.17) is 10.2 Å². The number of amides is 1. The van der Waals surface area contributed by atoms with Gasteiger partial charge < -0.3 is 15.5 Å². The zero-order valence-electron chi connectivity index (χ0n) is 9.47. The van der Waals surface area contributed by atoms with Gasteiger partial charge in [0, 0.05) is 12.5 Å². The molecule has 1 amide bonds. The number of hydrogen-bond donors (Lipinski definition) is 2. The number of nitrogen functional groups attached to an aromatic ring is 1. The van der Waals surface area contributed by atoms with Crippen molar-refractivity contribution in [3.8, 4) is 0 Å². The first kappa shape index (κ1) is 11.7. The summed E-state index contributed by atoms with van der Waals surface area (Å²) in [4.78, 5) is 12.4. The summed E-state index contributed by atoms with van der Waals surface area (Å²) >= 11 is 1.35. The summed E-state index contributed by atoms with van der Waals surface area (Å²) in [5.41, 5.74) is 6.21. The van der Waals surface area contributed by atoms with E-state index in [1.165, 1.54) is 11.3 Å². The van der Waals surface area contributed by atoms with Crippen LogP contribution in [-0.4, -0.2) is 11.9 Å². The molecule has 2 aromatic heterocycles. The molecule has 0 saturated carbocycles. The van der Waals surface area contributed by atoms with Gasteiger partial charge >= 0.3 is 0 Å². The van der Waals surface area contributed by atoms with Gasteiger partial charge in [-0.05, 0) is 30.5 Å². The summed E-state index contributed by atoms with van der Waals surface area (Å²) < 4.78 is 5.23. The summed E-state index contributed by atoms with van der Waals surface area (Å²) in [6.45, 7) is 1.93. The monoisotopic (exact) mass is 250 g/mol. The molecule has 0 aliphatic carbocycles. The predicted molar refractivity (Wildman–Crippen MR) is 68.1 cm³/mol. The number of nitrogens with one attached hydrogen (secondary N) is 1. The van der Waals surface area contributed by atoms with Gasteiger partial charge in [0.25, 0.3) is 5.91 Å². The van der Waals surface area contributed by atoms with Gasteiger partial charge in [0.15, 0.2) is 0 Å². The average Bonchev–Trinajstić information content (AvgIpc) is 2.88. The van der Waals surface area contributed by atoms with Crippen LogP contribution in [-0.2, 0) is 6.42 Å². The highest BCUT2D eigenvalue weighted by Crippen LogP contribution is 2.18. The van der Waals surface area contributed by atoms with Crippen molar-refractivity contribution in [2.75, 3.05) is 5.73 Å². The lowest BCUT2D eigenvalue weighted by Gasteiger charge is -2.11. The summed E-state index contributed by atoms with van der Waals surface area (Å²) in [6.07, 6.45) is 2.30. The summed E-state index contributed by atoms with van der Waals surface area (Å²) in [5.74, 6) is 0.730. The average molecular weight is 250 g/mol. The number of furan rings is 1. The Hall–Kier alpha value is -1.75. The van der Waals surface area contributed by atoms with Crippen molar-refractivity contribution >= 4 is 22.9 Å². The number of carbonyl (C=O) groups is 1. The van der Waals surface area contributed by atoms with Gasteiger partial charge in [0.1, 0.15) is 10.6 Å². The van der Waals surface area contributed by atoms with E-state index >= 15 is 0 Å². The van der Waals surface area contributed by atoms with Crippen molar-refractivity contribution in [3.63, 3.8) is 0 Å². The van der Waals surface area contributed by atoms with Gasteiger partial charge in [0.2, 0.25) is 0 Å². The molecule has 1 unspecified atom stereocenters. The molecule has 0 bridgehead atoms. The van der Waals surface area contributed by atoms with Crippen molar-refractivity contribution in [3.05, 3.63) is 40.5 Å². The minimum absolute atomic E-state index is 0.00940. The highest BCUT2D eigenvalue weighted by molar-refractivity contribution is 7.12. The molecule has 2 heterocycles. The summed E-state index contributed by atoms with van der Waals surface area (Å²) in [6, 6.07) is 5.47. The molecule has 0 radical (unpaired) electrons. The Kier molecular flexibility index (Phi) is 3.49. The number of nitrogens with two attached hydrogens (primary N) is 1. The highest BCUT2D eigenvalue weighted by Gasteiger charge is 2.14. The number of rotatable bonds is 4. The van der Waals surface area contributed by atoms with Gasteiger partial charge in [-0.1, -0.05) is 0 Å². The summed E-state index contributed by atoms with van der Waals surface area (Å²) in [5, 5.41) is 4.70. The van der Waals surface area contributed by atoms with E-state index in [2.05, 4.69) is 5.32 Å². The van der Waals surface area contributed by atoms with Crippen LogP contribution in [0, 0.1) is 0 Å². The van der Waals surface area contributed by atoms with Gasteiger partial charge in [-0.25, -0.2) is 0 Å². The Morgan fingerprint density at radius 2 is 2.41 bits per heavy atom. The second kappa shape index (κ2) is 5.05. The third-order valence-electron chi connectivity index (χ3n) is 2.37. The normalized spacial score (nSPS) is 12.3.